The highest BCUT2D eigenvalue weighted by atomic mass is 32.2. The summed E-state index contributed by atoms with van der Waals surface area (Å²) in [6.45, 7) is 4.23. The van der Waals surface area contributed by atoms with E-state index in [1.54, 1.807) is 0 Å². The van der Waals surface area contributed by atoms with Gasteiger partial charge < -0.3 is 10.6 Å². The molecule has 94 valence electrons. The SMILES string of the molecule is CCCCSCCC(=O)NC1CCCNC1. The van der Waals surface area contributed by atoms with E-state index >= 15 is 0 Å². The minimum Gasteiger partial charge on any atom is -0.352 e. The fraction of sp³-hybridized carbons (Fsp3) is 0.917. The second-order valence-corrected chi connectivity index (χ2v) is 5.55. The molecule has 3 nitrogen and oxygen atoms in total. The number of rotatable bonds is 7. The van der Waals surface area contributed by atoms with Gasteiger partial charge in [0.2, 0.25) is 5.91 Å². The van der Waals surface area contributed by atoms with Crippen molar-refractivity contribution in [2.24, 2.45) is 0 Å². The van der Waals surface area contributed by atoms with Gasteiger partial charge in [0.15, 0.2) is 0 Å². The first-order valence-corrected chi connectivity index (χ1v) is 7.56. The van der Waals surface area contributed by atoms with Gasteiger partial charge in [-0.25, -0.2) is 0 Å². The normalized spacial score (nSPS) is 20.7. The smallest absolute Gasteiger partial charge is 0.221 e. The van der Waals surface area contributed by atoms with E-state index in [0.29, 0.717) is 12.5 Å². The van der Waals surface area contributed by atoms with Crippen molar-refractivity contribution in [1.29, 1.82) is 0 Å². The molecule has 0 saturated carbocycles. The zero-order valence-corrected chi connectivity index (χ0v) is 11.1. The average molecular weight is 244 g/mol. The lowest BCUT2D eigenvalue weighted by Gasteiger charge is -2.23. The van der Waals surface area contributed by atoms with Crippen molar-refractivity contribution in [3.8, 4) is 0 Å². The van der Waals surface area contributed by atoms with E-state index in [1.165, 1.54) is 25.0 Å². The summed E-state index contributed by atoms with van der Waals surface area (Å²) in [4.78, 5) is 11.6. The zero-order valence-electron chi connectivity index (χ0n) is 10.3. The molecule has 0 spiro atoms. The van der Waals surface area contributed by atoms with Gasteiger partial charge in [-0.05, 0) is 31.6 Å². The van der Waals surface area contributed by atoms with Gasteiger partial charge in [-0.3, -0.25) is 4.79 Å². The van der Waals surface area contributed by atoms with Crippen molar-refractivity contribution in [1.82, 2.24) is 10.6 Å². The maximum Gasteiger partial charge on any atom is 0.221 e. The minimum absolute atomic E-state index is 0.220. The molecule has 1 fully saturated rings. The average Bonchev–Trinajstić information content (AvgIpc) is 2.30. The lowest BCUT2D eigenvalue weighted by molar-refractivity contribution is -0.121. The predicted molar refractivity (Wildman–Crippen MR) is 70.9 cm³/mol. The molecule has 16 heavy (non-hydrogen) atoms. The molecule has 0 aliphatic carbocycles. The number of carbonyl (C=O) groups excluding carboxylic acids is 1. The topological polar surface area (TPSA) is 41.1 Å². The van der Waals surface area contributed by atoms with Crippen LogP contribution in [0.15, 0.2) is 0 Å². The number of unbranched alkanes of at least 4 members (excludes halogenated alkanes) is 1. The van der Waals surface area contributed by atoms with E-state index in [9.17, 15) is 4.79 Å². The van der Waals surface area contributed by atoms with E-state index in [-0.39, 0.29) is 5.91 Å². The highest BCUT2D eigenvalue weighted by molar-refractivity contribution is 7.99. The van der Waals surface area contributed by atoms with Gasteiger partial charge in [0.25, 0.3) is 0 Å². The molecular formula is C12H24N2OS. The number of amides is 1. The van der Waals surface area contributed by atoms with Crippen molar-refractivity contribution < 1.29 is 4.79 Å². The third-order valence-corrected chi connectivity index (χ3v) is 3.85. The van der Waals surface area contributed by atoms with Crippen LogP contribution < -0.4 is 10.6 Å². The predicted octanol–water partition coefficient (Wildman–Crippen LogP) is 1.78. The quantitative estimate of drug-likeness (QED) is 0.671. The monoisotopic (exact) mass is 244 g/mol. The highest BCUT2D eigenvalue weighted by Gasteiger charge is 2.14. The van der Waals surface area contributed by atoms with Crippen molar-refractivity contribution in [3.05, 3.63) is 0 Å². The maximum atomic E-state index is 11.6. The molecule has 1 saturated heterocycles. The van der Waals surface area contributed by atoms with Crippen molar-refractivity contribution in [2.45, 2.75) is 45.1 Å². The Hall–Kier alpha value is -0.220. The molecule has 4 heteroatoms. The molecule has 0 aromatic heterocycles. The summed E-state index contributed by atoms with van der Waals surface area (Å²) < 4.78 is 0. The molecule has 0 radical (unpaired) electrons. The van der Waals surface area contributed by atoms with Crippen LogP contribution in [0.2, 0.25) is 0 Å². The van der Waals surface area contributed by atoms with Gasteiger partial charge in [-0.15, -0.1) is 0 Å². The summed E-state index contributed by atoms with van der Waals surface area (Å²) in [5, 5.41) is 6.40. The summed E-state index contributed by atoms with van der Waals surface area (Å²) in [6, 6.07) is 0.363. The van der Waals surface area contributed by atoms with Crippen molar-refractivity contribution >= 4 is 17.7 Å². The van der Waals surface area contributed by atoms with Crippen LogP contribution in [0.25, 0.3) is 0 Å². The lowest BCUT2D eigenvalue weighted by Crippen LogP contribution is -2.45. The minimum atomic E-state index is 0.220. The summed E-state index contributed by atoms with van der Waals surface area (Å²) in [5.41, 5.74) is 0. The largest absolute Gasteiger partial charge is 0.352 e. The first-order valence-electron chi connectivity index (χ1n) is 6.40. The zero-order chi connectivity index (χ0) is 11.6. The van der Waals surface area contributed by atoms with E-state index in [4.69, 9.17) is 0 Å². The van der Waals surface area contributed by atoms with Gasteiger partial charge in [-0.2, -0.15) is 11.8 Å². The molecule has 1 amide bonds. The van der Waals surface area contributed by atoms with Crippen LogP contribution in [0, 0.1) is 0 Å². The van der Waals surface area contributed by atoms with Gasteiger partial charge in [-0.1, -0.05) is 13.3 Å². The summed E-state index contributed by atoms with van der Waals surface area (Å²) in [6.07, 6.45) is 5.48. The second kappa shape index (κ2) is 8.88. The molecule has 1 heterocycles. The first-order chi connectivity index (χ1) is 7.83. The number of nitrogens with one attached hydrogen (secondary N) is 2. The lowest BCUT2D eigenvalue weighted by atomic mass is 10.1. The molecule has 0 bridgehead atoms. The molecule has 1 rings (SSSR count). The third kappa shape index (κ3) is 6.38. The molecule has 1 aliphatic rings. The van der Waals surface area contributed by atoms with Crippen LogP contribution in [0.5, 0.6) is 0 Å². The van der Waals surface area contributed by atoms with E-state index in [2.05, 4.69) is 17.6 Å². The second-order valence-electron chi connectivity index (χ2n) is 4.33. The Bertz CT molecular complexity index is 193. The molecule has 1 atom stereocenters. The van der Waals surface area contributed by atoms with Crippen LogP contribution in [0.3, 0.4) is 0 Å². The summed E-state index contributed by atoms with van der Waals surface area (Å²) in [7, 11) is 0. The standard InChI is InChI=1S/C12H24N2OS/c1-2-3-8-16-9-6-12(15)14-11-5-4-7-13-10-11/h11,13H,2-10H2,1H3,(H,14,15). The summed E-state index contributed by atoms with van der Waals surface area (Å²) >= 11 is 1.89. The fourth-order valence-corrected chi connectivity index (χ4v) is 2.81. The Kier molecular flexibility index (Phi) is 7.68. The van der Waals surface area contributed by atoms with Crippen LogP contribution >= 0.6 is 11.8 Å². The highest BCUT2D eigenvalue weighted by Crippen LogP contribution is 2.07. The molecule has 1 unspecified atom stereocenters. The molecular weight excluding hydrogens is 220 g/mol. The number of hydrogen-bond acceptors (Lipinski definition) is 3. The molecule has 0 aromatic carbocycles. The Morgan fingerprint density at radius 1 is 1.50 bits per heavy atom. The van der Waals surface area contributed by atoms with Crippen molar-refractivity contribution in [3.63, 3.8) is 0 Å². The molecule has 2 N–H and O–H groups in total. The Morgan fingerprint density at radius 2 is 2.38 bits per heavy atom. The van der Waals surface area contributed by atoms with Gasteiger partial charge >= 0.3 is 0 Å². The Balaban J connectivity index is 1.97. The number of hydrogen-bond donors (Lipinski definition) is 2. The summed E-state index contributed by atoms with van der Waals surface area (Å²) in [5.74, 6) is 2.37. The van der Waals surface area contributed by atoms with Gasteiger partial charge in [0.1, 0.15) is 0 Å². The Labute approximate surface area is 103 Å². The Morgan fingerprint density at radius 3 is 3.06 bits per heavy atom. The number of thioether (sulfide) groups is 1. The van der Waals surface area contributed by atoms with Crippen LogP contribution in [-0.2, 0) is 4.79 Å². The molecule has 0 aromatic rings. The van der Waals surface area contributed by atoms with Crippen molar-refractivity contribution in [2.75, 3.05) is 24.6 Å². The van der Waals surface area contributed by atoms with E-state index in [1.807, 2.05) is 11.8 Å². The number of piperidine rings is 1. The van der Waals surface area contributed by atoms with Gasteiger partial charge in [0, 0.05) is 24.8 Å². The van der Waals surface area contributed by atoms with Crippen LogP contribution in [0.4, 0.5) is 0 Å². The maximum absolute atomic E-state index is 11.6. The first kappa shape index (κ1) is 13.8. The fourth-order valence-electron chi connectivity index (χ4n) is 1.79. The number of carbonyl (C=O) groups is 1. The van der Waals surface area contributed by atoms with Crippen LogP contribution in [0.1, 0.15) is 39.0 Å². The van der Waals surface area contributed by atoms with Gasteiger partial charge in [0.05, 0.1) is 0 Å². The van der Waals surface area contributed by atoms with Crippen LogP contribution in [-0.4, -0.2) is 36.5 Å². The third-order valence-electron chi connectivity index (χ3n) is 2.78. The van der Waals surface area contributed by atoms with E-state index < -0.39 is 0 Å². The van der Waals surface area contributed by atoms with E-state index in [0.717, 1.165) is 25.3 Å². The molecule has 1 aliphatic heterocycles.